The molecule has 7 nitrogen and oxygen atoms in total. The van der Waals surface area contributed by atoms with Crippen LogP contribution in [-0.4, -0.2) is 41.6 Å². The summed E-state index contributed by atoms with van der Waals surface area (Å²) in [4.78, 5) is 38.0. The maximum absolute atomic E-state index is 12.4. The quantitative estimate of drug-likeness (QED) is 0.480. The van der Waals surface area contributed by atoms with Crippen LogP contribution in [0.4, 0.5) is 5.69 Å². The molecule has 0 spiro atoms. The van der Waals surface area contributed by atoms with Gasteiger partial charge in [-0.2, -0.15) is 0 Å². The third-order valence-corrected chi connectivity index (χ3v) is 4.08. The molecule has 1 aliphatic rings. The molecule has 1 fully saturated rings. The van der Waals surface area contributed by atoms with E-state index in [9.17, 15) is 14.4 Å². The van der Waals surface area contributed by atoms with Crippen LogP contribution in [0, 0.1) is 0 Å². The average molecular weight is 381 g/mol. The van der Waals surface area contributed by atoms with E-state index >= 15 is 0 Å². The minimum atomic E-state index is -1.31. The summed E-state index contributed by atoms with van der Waals surface area (Å²) in [6.45, 7) is 7.88. The fourth-order valence-corrected chi connectivity index (χ4v) is 2.56. The first-order chi connectivity index (χ1) is 12.2. The maximum atomic E-state index is 12.4. The lowest BCUT2D eigenvalue weighted by Gasteiger charge is -2.29. The van der Waals surface area contributed by atoms with Gasteiger partial charge in [0.25, 0.3) is 11.7 Å². The number of nitrogens with one attached hydrogen (secondary N) is 1. The normalized spacial score (nSPS) is 15.8. The van der Waals surface area contributed by atoms with Crippen LogP contribution in [0.3, 0.4) is 0 Å². The first kappa shape index (κ1) is 19.8. The molecule has 1 saturated heterocycles. The summed E-state index contributed by atoms with van der Waals surface area (Å²) in [5, 5.41) is 3.10. The predicted molar refractivity (Wildman–Crippen MR) is 96.7 cm³/mol. The summed E-state index contributed by atoms with van der Waals surface area (Å²) in [5.41, 5.74) is 0.525. The maximum Gasteiger partial charge on any atom is 0.350 e. The zero-order valence-corrected chi connectivity index (χ0v) is 15.8. The third-order valence-electron chi connectivity index (χ3n) is 3.75. The standard InChI is InChI=1S/C18H21ClN2O5/c1-5-21(6-2)15(22)11-7-8-13(19)14(9-11)20-10-12-16(23)25-18(3,4)26-17(12)24/h7-10,20H,5-6H2,1-4H3. The monoisotopic (exact) mass is 380 g/mol. The second-order valence-electron chi connectivity index (χ2n) is 6.05. The molecule has 140 valence electrons. The molecule has 0 saturated carbocycles. The van der Waals surface area contributed by atoms with Crippen LogP contribution in [0.5, 0.6) is 0 Å². The van der Waals surface area contributed by atoms with Gasteiger partial charge in [0, 0.05) is 38.7 Å². The van der Waals surface area contributed by atoms with Crippen LogP contribution in [0.15, 0.2) is 30.0 Å². The lowest BCUT2D eigenvalue weighted by molar-refractivity contribution is -0.222. The number of hydrogen-bond donors (Lipinski definition) is 1. The molecule has 1 aromatic carbocycles. The number of halogens is 1. The minimum absolute atomic E-state index is 0.138. The molecule has 1 aliphatic heterocycles. The van der Waals surface area contributed by atoms with Gasteiger partial charge in [0.2, 0.25) is 0 Å². The van der Waals surface area contributed by atoms with E-state index in [1.807, 2.05) is 13.8 Å². The van der Waals surface area contributed by atoms with E-state index in [1.54, 1.807) is 23.1 Å². The van der Waals surface area contributed by atoms with Crippen LogP contribution in [0.25, 0.3) is 0 Å². The first-order valence-corrected chi connectivity index (χ1v) is 8.58. The number of esters is 2. The summed E-state index contributed by atoms with van der Waals surface area (Å²) in [5.74, 6) is -3.05. The number of cyclic esters (lactones) is 2. The molecular formula is C18H21ClN2O5. The van der Waals surface area contributed by atoms with Gasteiger partial charge >= 0.3 is 11.9 Å². The molecule has 1 aromatic rings. The van der Waals surface area contributed by atoms with Crippen LogP contribution < -0.4 is 5.32 Å². The predicted octanol–water partition coefficient (Wildman–Crippen LogP) is 2.95. The highest BCUT2D eigenvalue weighted by Gasteiger charge is 2.39. The lowest BCUT2D eigenvalue weighted by atomic mass is 10.1. The highest BCUT2D eigenvalue weighted by Crippen LogP contribution is 2.26. The Morgan fingerprint density at radius 3 is 2.31 bits per heavy atom. The van der Waals surface area contributed by atoms with Gasteiger partial charge in [-0.25, -0.2) is 9.59 Å². The zero-order valence-electron chi connectivity index (χ0n) is 15.1. The number of benzene rings is 1. The van der Waals surface area contributed by atoms with Gasteiger partial charge in [-0.3, -0.25) is 4.79 Å². The van der Waals surface area contributed by atoms with E-state index in [0.29, 0.717) is 29.4 Å². The first-order valence-electron chi connectivity index (χ1n) is 8.20. The van der Waals surface area contributed by atoms with Crippen molar-refractivity contribution < 1.29 is 23.9 Å². The number of amides is 1. The third kappa shape index (κ3) is 4.35. The van der Waals surface area contributed by atoms with E-state index in [0.717, 1.165) is 6.20 Å². The molecular weight excluding hydrogens is 360 g/mol. The number of nitrogens with zero attached hydrogens (tertiary/aromatic N) is 1. The smallest absolute Gasteiger partial charge is 0.350 e. The zero-order chi connectivity index (χ0) is 19.5. The molecule has 1 N–H and O–H groups in total. The number of ether oxygens (including phenoxy) is 2. The second-order valence-corrected chi connectivity index (χ2v) is 6.46. The van der Waals surface area contributed by atoms with Gasteiger partial charge in [0.1, 0.15) is 0 Å². The van der Waals surface area contributed by atoms with Crippen molar-refractivity contribution in [2.45, 2.75) is 33.5 Å². The highest BCUT2D eigenvalue weighted by molar-refractivity contribution is 6.33. The van der Waals surface area contributed by atoms with Crippen molar-refractivity contribution in [3.8, 4) is 0 Å². The molecule has 26 heavy (non-hydrogen) atoms. The summed E-state index contributed by atoms with van der Waals surface area (Å²) in [6.07, 6.45) is 1.16. The van der Waals surface area contributed by atoms with Crippen LogP contribution in [0.2, 0.25) is 5.02 Å². The van der Waals surface area contributed by atoms with E-state index in [-0.39, 0.29) is 11.5 Å². The number of rotatable bonds is 5. The molecule has 0 bridgehead atoms. The Balaban J connectivity index is 2.24. The van der Waals surface area contributed by atoms with E-state index in [4.69, 9.17) is 21.1 Å². The Labute approximate surface area is 156 Å². The SMILES string of the molecule is CCN(CC)C(=O)c1ccc(Cl)c(NC=C2C(=O)OC(C)(C)OC2=O)c1. The Bertz CT molecular complexity index is 747. The van der Waals surface area contributed by atoms with Crippen molar-refractivity contribution in [2.75, 3.05) is 18.4 Å². The Kier molecular flexibility index (Phi) is 5.92. The molecule has 0 unspecified atom stereocenters. The second kappa shape index (κ2) is 7.78. The average Bonchev–Trinajstić information content (AvgIpc) is 2.55. The van der Waals surface area contributed by atoms with Crippen molar-refractivity contribution in [1.82, 2.24) is 4.90 Å². The van der Waals surface area contributed by atoms with Gasteiger partial charge in [0.05, 0.1) is 10.7 Å². The number of anilines is 1. The van der Waals surface area contributed by atoms with Gasteiger partial charge in [-0.05, 0) is 32.0 Å². The summed E-state index contributed by atoms with van der Waals surface area (Å²) in [6, 6.07) is 4.75. The molecule has 0 atom stereocenters. The van der Waals surface area contributed by atoms with E-state index in [2.05, 4.69) is 5.32 Å². The van der Waals surface area contributed by atoms with Crippen LogP contribution in [0.1, 0.15) is 38.1 Å². The Morgan fingerprint density at radius 2 is 1.77 bits per heavy atom. The van der Waals surface area contributed by atoms with Gasteiger partial charge in [0.15, 0.2) is 5.57 Å². The van der Waals surface area contributed by atoms with Gasteiger partial charge < -0.3 is 19.7 Å². The fraction of sp³-hybridized carbons (Fsp3) is 0.389. The van der Waals surface area contributed by atoms with Crippen LogP contribution in [-0.2, 0) is 19.1 Å². The summed E-state index contributed by atoms with van der Waals surface area (Å²) < 4.78 is 10.0. The number of carbonyl (C=O) groups excluding carboxylic acids is 3. The van der Waals surface area contributed by atoms with Gasteiger partial charge in [-0.15, -0.1) is 0 Å². The number of carbonyl (C=O) groups is 3. The highest BCUT2D eigenvalue weighted by atomic mass is 35.5. The molecule has 0 aliphatic carbocycles. The van der Waals surface area contributed by atoms with Crippen molar-refractivity contribution in [3.05, 3.63) is 40.6 Å². The van der Waals surface area contributed by atoms with Crippen molar-refractivity contribution in [1.29, 1.82) is 0 Å². The molecule has 0 aromatic heterocycles. The van der Waals surface area contributed by atoms with Crippen molar-refractivity contribution >= 4 is 35.1 Å². The summed E-state index contributed by atoms with van der Waals surface area (Å²) in [7, 11) is 0. The molecule has 1 heterocycles. The Morgan fingerprint density at radius 1 is 1.19 bits per heavy atom. The van der Waals surface area contributed by atoms with E-state index < -0.39 is 17.7 Å². The number of hydrogen-bond acceptors (Lipinski definition) is 6. The minimum Gasteiger partial charge on any atom is -0.419 e. The van der Waals surface area contributed by atoms with Gasteiger partial charge in [-0.1, -0.05) is 11.6 Å². The largest absolute Gasteiger partial charge is 0.419 e. The lowest BCUT2D eigenvalue weighted by Crippen LogP contribution is -2.42. The molecule has 1 amide bonds. The van der Waals surface area contributed by atoms with Crippen molar-refractivity contribution in [3.63, 3.8) is 0 Å². The topological polar surface area (TPSA) is 84.9 Å². The van der Waals surface area contributed by atoms with Crippen LogP contribution >= 0.6 is 11.6 Å². The molecule has 8 heteroatoms. The molecule has 2 rings (SSSR count). The Hall–Kier alpha value is -2.54. The summed E-state index contributed by atoms with van der Waals surface area (Å²) >= 11 is 6.13. The van der Waals surface area contributed by atoms with E-state index in [1.165, 1.54) is 13.8 Å². The van der Waals surface area contributed by atoms with Crippen molar-refractivity contribution in [2.24, 2.45) is 0 Å². The molecule has 0 radical (unpaired) electrons. The fourth-order valence-electron chi connectivity index (χ4n) is 2.39.